The van der Waals surface area contributed by atoms with Crippen LogP contribution in [0.2, 0.25) is 0 Å². The van der Waals surface area contributed by atoms with Gasteiger partial charge in [-0.05, 0) is 48.4 Å². The summed E-state index contributed by atoms with van der Waals surface area (Å²) in [5.41, 5.74) is 2.77. The number of carbonyl (C=O) groups excluding carboxylic acids is 1. The van der Waals surface area contributed by atoms with Gasteiger partial charge in [-0.25, -0.2) is 0 Å². The monoisotopic (exact) mass is 292 g/mol. The maximum Gasteiger partial charge on any atom is 0.221 e. The van der Waals surface area contributed by atoms with Gasteiger partial charge in [-0.3, -0.25) is 4.79 Å². The first kappa shape index (κ1) is 14.1. The van der Waals surface area contributed by atoms with Crippen LogP contribution < -0.4 is 4.74 Å². The Morgan fingerprint density at radius 2 is 1.86 bits per heavy atom. The number of ether oxygens (including phenoxy) is 1. The van der Waals surface area contributed by atoms with E-state index in [1.165, 1.54) is 6.08 Å². The Morgan fingerprint density at radius 3 is 2.59 bits per heavy atom. The minimum Gasteiger partial charge on any atom is -0.497 e. The van der Waals surface area contributed by atoms with Gasteiger partial charge in [0.2, 0.25) is 5.78 Å². The third kappa shape index (κ3) is 2.93. The molecule has 22 heavy (non-hydrogen) atoms. The van der Waals surface area contributed by atoms with Gasteiger partial charge in [-0.15, -0.1) is 0 Å². The maximum atomic E-state index is 12.2. The van der Waals surface area contributed by atoms with E-state index >= 15 is 0 Å². The van der Waals surface area contributed by atoms with Gasteiger partial charge >= 0.3 is 0 Å². The van der Waals surface area contributed by atoms with Gasteiger partial charge in [0.15, 0.2) is 5.76 Å². The first-order chi connectivity index (χ1) is 10.7. The lowest BCUT2D eigenvalue weighted by Crippen LogP contribution is -1.90. The average Bonchev–Trinajstić information content (AvgIpc) is 2.96. The molecule has 0 fully saturated rings. The Bertz CT molecular complexity index is 839. The summed E-state index contributed by atoms with van der Waals surface area (Å²) in [6.07, 6.45) is 3.28. The molecule has 3 nitrogen and oxygen atoms in total. The van der Waals surface area contributed by atoms with Crippen LogP contribution in [0.25, 0.3) is 17.0 Å². The van der Waals surface area contributed by atoms with Crippen molar-refractivity contribution in [3.8, 4) is 5.75 Å². The number of allylic oxidation sites excluding steroid dienone is 1. The number of furan rings is 1. The fraction of sp³-hybridized carbons (Fsp3) is 0.105. The Kier molecular flexibility index (Phi) is 3.79. The van der Waals surface area contributed by atoms with Crippen LogP contribution in [-0.2, 0) is 0 Å². The lowest BCUT2D eigenvalue weighted by Gasteiger charge is -1.98. The highest BCUT2D eigenvalue weighted by Crippen LogP contribution is 2.21. The Labute approximate surface area is 128 Å². The largest absolute Gasteiger partial charge is 0.497 e. The number of hydrogen-bond donors (Lipinski definition) is 0. The second-order valence-corrected chi connectivity index (χ2v) is 5.12. The highest BCUT2D eigenvalue weighted by atomic mass is 16.5. The SMILES string of the molecule is COc1ccc(/C=C/C(=O)c2cc3ccc(C)cc3o2)cc1. The average molecular weight is 292 g/mol. The number of carbonyl (C=O) groups is 1. The van der Waals surface area contributed by atoms with Gasteiger partial charge in [0.05, 0.1) is 7.11 Å². The van der Waals surface area contributed by atoms with E-state index < -0.39 is 0 Å². The lowest BCUT2D eigenvalue weighted by atomic mass is 10.1. The van der Waals surface area contributed by atoms with E-state index in [2.05, 4.69) is 0 Å². The van der Waals surface area contributed by atoms with Crippen molar-refractivity contribution < 1.29 is 13.9 Å². The number of benzene rings is 2. The Morgan fingerprint density at radius 1 is 1.09 bits per heavy atom. The van der Waals surface area contributed by atoms with Crippen molar-refractivity contribution in [3.63, 3.8) is 0 Å². The van der Waals surface area contributed by atoms with E-state index in [0.717, 1.165) is 27.8 Å². The molecule has 110 valence electrons. The second kappa shape index (κ2) is 5.90. The van der Waals surface area contributed by atoms with Crippen molar-refractivity contribution in [2.24, 2.45) is 0 Å². The normalized spacial score (nSPS) is 11.2. The molecule has 1 heterocycles. The summed E-state index contributed by atoms with van der Waals surface area (Å²) in [5.74, 6) is 0.992. The minimum atomic E-state index is -0.148. The molecule has 3 rings (SSSR count). The highest BCUT2D eigenvalue weighted by molar-refractivity contribution is 6.07. The van der Waals surface area contributed by atoms with Gasteiger partial charge in [0.25, 0.3) is 0 Å². The number of rotatable bonds is 4. The van der Waals surface area contributed by atoms with Gasteiger partial charge in [-0.1, -0.05) is 30.3 Å². The van der Waals surface area contributed by atoms with E-state index in [4.69, 9.17) is 9.15 Å². The predicted molar refractivity (Wildman–Crippen MR) is 87.3 cm³/mol. The quantitative estimate of drug-likeness (QED) is 0.519. The summed E-state index contributed by atoms with van der Waals surface area (Å²) in [6.45, 7) is 1.99. The number of hydrogen-bond acceptors (Lipinski definition) is 3. The Hall–Kier alpha value is -2.81. The third-order valence-electron chi connectivity index (χ3n) is 3.46. The minimum absolute atomic E-state index is 0.148. The second-order valence-electron chi connectivity index (χ2n) is 5.12. The van der Waals surface area contributed by atoms with Crippen LogP contribution in [0, 0.1) is 6.92 Å². The molecule has 0 aliphatic rings. The van der Waals surface area contributed by atoms with Crippen molar-refractivity contribution >= 4 is 22.8 Å². The van der Waals surface area contributed by atoms with Crippen molar-refractivity contribution in [1.82, 2.24) is 0 Å². The van der Waals surface area contributed by atoms with Crippen molar-refractivity contribution in [2.75, 3.05) is 7.11 Å². The van der Waals surface area contributed by atoms with Crippen LogP contribution in [0.4, 0.5) is 0 Å². The summed E-state index contributed by atoms with van der Waals surface area (Å²) < 4.78 is 10.7. The molecule has 3 aromatic rings. The van der Waals surface area contributed by atoms with E-state index in [-0.39, 0.29) is 5.78 Å². The third-order valence-corrected chi connectivity index (χ3v) is 3.46. The molecule has 0 N–H and O–H groups in total. The molecule has 0 spiro atoms. The number of methoxy groups -OCH3 is 1. The van der Waals surface area contributed by atoms with Gasteiger partial charge in [-0.2, -0.15) is 0 Å². The van der Waals surface area contributed by atoms with Gasteiger partial charge in [0, 0.05) is 5.39 Å². The first-order valence-corrected chi connectivity index (χ1v) is 7.02. The molecule has 0 amide bonds. The molecule has 0 aliphatic heterocycles. The fourth-order valence-electron chi connectivity index (χ4n) is 2.23. The molecule has 1 aromatic heterocycles. The molecule has 0 aliphatic carbocycles. The number of fused-ring (bicyclic) bond motifs is 1. The van der Waals surface area contributed by atoms with Gasteiger partial charge < -0.3 is 9.15 Å². The fourth-order valence-corrected chi connectivity index (χ4v) is 2.23. The van der Waals surface area contributed by atoms with Crippen LogP contribution in [0.3, 0.4) is 0 Å². The Balaban J connectivity index is 1.81. The zero-order valence-corrected chi connectivity index (χ0v) is 12.5. The van der Waals surface area contributed by atoms with Crippen LogP contribution >= 0.6 is 0 Å². The van der Waals surface area contributed by atoms with Crippen molar-refractivity contribution in [1.29, 1.82) is 0 Å². The van der Waals surface area contributed by atoms with E-state index in [0.29, 0.717) is 5.76 Å². The predicted octanol–water partition coefficient (Wildman–Crippen LogP) is 4.65. The van der Waals surface area contributed by atoms with Crippen LogP contribution in [-0.4, -0.2) is 12.9 Å². The first-order valence-electron chi connectivity index (χ1n) is 7.02. The molecule has 0 radical (unpaired) electrons. The van der Waals surface area contributed by atoms with Gasteiger partial charge in [0.1, 0.15) is 11.3 Å². The van der Waals surface area contributed by atoms with Crippen LogP contribution in [0.1, 0.15) is 21.7 Å². The van der Waals surface area contributed by atoms with Crippen LogP contribution in [0.15, 0.2) is 59.0 Å². The molecule has 0 unspecified atom stereocenters. The molecule has 0 bridgehead atoms. The van der Waals surface area contributed by atoms with E-state index in [1.54, 1.807) is 19.3 Å². The molecular formula is C19H16O3. The molecule has 0 atom stereocenters. The molecular weight excluding hydrogens is 276 g/mol. The summed E-state index contributed by atoms with van der Waals surface area (Å²) in [5, 5.41) is 0.937. The maximum absolute atomic E-state index is 12.2. The van der Waals surface area contributed by atoms with E-state index in [1.807, 2.05) is 49.4 Å². The van der Waals surface area contributed by atoms with Crippen molar-refractivity contribution in [3.05, 3.63) is 71.5 Å². The molecule has 2 aromatic carbocycles. The zero-order valence-electron chi connectivity index (χ0n) is 12.5. The van der Waals surface area contributed by atoms with Crippen molar-refractivity contribution in [2.45, 2.75) is 6.92 Å². The standard InChI is InChI=1S/C19H16O3/c1-13-3-7-15-12-19(22-18(15)11-13)17(20)10-6-14-4-8-16(21-2)9-5-14/h3-12H,1-2H3/b10-6+. The summed E-state index contributed by atoms with van der Waals surface area (Å²) in [6, 6.07) is 15.2. The number of ketones is 1. The summed E-state index contributed by atoms with van der Waals surface area (Å²) >= 11 is 0. The lowest BCUT2D eigenvalue weighted by molar-refractivity contribution is 0.102. The number of aryl methyl sites for hydroxylation is 1. The van der Waals surface area contributed by atoms with E-state index in [9.17, 15) is 4.79 Å². The van der Waals surface area contributed by atoms with Crippen LogP contribution in [0.5, 0.6) is 5.75 Å². The zero-order chi connectivity index (χ0) is 15.5. The summed E-state index contributed by atoms with van der Waals surface area (Å²) in [7, 11) is 1.62. The topological polar surface area (TPSA) is 39.4 Å². The molecule has 3 heteroatoms. The smallest absolute Gasteiger partial charge is 0.221 e. The molecule has 0 saturated heterocycles. The highest BCUT2D eigenvalue weighted by Gasteiger charge is 2.09. The summed E-state index contributed by atoms with van der Waals surface area (Å²) in [4.78, 5) is 12.2. The molecule has 0 saturated carbocycles.